The lowest BCUT2D eigenvalue weighted by atomic mass is 9.71. The van der Waals surface area contributed by atoms with E-state index in [9.17, 15) is 14.7 Å². The van der Waals surface area contributed by atoms with Crippen LogP contribution in [0, 0.1) is 17.3 Å². The molecule has 2 amide bonds. The fourth-order valence-electron chi connectivity index (χ4n) is 6.97. The van der Waals surface area contributed by atoms with Crippen LogP contribution in [-0.2, 0) is 12.8 Å². The smallest absolute Gasteiger partial charge is 0.280 e. The van der Waals surface area contributed by atoms with Crippen LogP contribution in [0.2, 0.25) is 0 Å². The van der Waals surface area contributed by atoms with Gasteiger partial charge in [-0.1, -0.05) is 44.2 Å². The number of fused-ring (bicyclic) bond motifs is 2. The van der Waals surface area contributed by atoms with Crippen LogP contribution in [0.5, 0.6) is 0 Å². The molecular weight excluding hydrogens is 584 g/mol. The zero-order chi connectivity index (χ0) is 31.6. The summed E-state index contributed by atoms with van der Waals surface area (Å²) in [5, 5.41) is 20.1. The predicted octanol–water partition coefficient (Wildman–Crippen LogP) is 4.50. The number of hydrogen-bond donors (Lipinski definition) is 4. The number of carbonyl (C=O) groups excluding carboxylic acids is 2. The number of hydrogen-bond acceptors (Lipinski definition) is 8. The molecule has 10 heteroatoms. The van der Waals surface area contributed by atoms with Crippen molar-refractivity contribution < 1.29 is 14.7 Å². The van der Waals surface area contributed by atoms with Crippen molar-refractivity contribution in [2.45, 2.75) is 77.9 Å². The molecule has 1 unspecified atom stereocenters. The second kappa shape index (κ2) is 13.8. The first kappa shape index (κ1) is 32.0. The molecule has 45 heavy (non-hydrogen) atoms. The number of piperidine rings is 1. The van der Waals surface area contributed by atoms with E-state index in [2.05, 4.69) is 47.7 Å². The first-order chi connectivity index (χ1) is 21.6. The third-order valence-corrected chi connectivity index (χ3v) is 11.0. The molecule has 1 aliphatic carbocycles. The average molecular weight is 633 g/mol. The summed E-state index contributed by atoms with van der Waals surface area (Å²) in [6.07, 6.45) is 6.15. The Bertz CT molecular complexity index is 1500. The number of likely N-dealkylation sites (tertiary alicyclic amines) is 1. The molecule has 3 atom stereocenters. The maximum Gasteiger partial charge on any atom is 0.280 e. The van der Waals surface area contributed by atoms with Crippen LogP contribution < -0.4 is 16.0 Å². The lowest BCUT2D eigenvalue weighted by molar-refractivity contribution is 0.0795. The summed E-state index contributed by atoms with van der Waals surface area (Å²) in [5.74, 6) is 0.757. The number of nitrogens with zero attached hydrogens (tertiary/aromatic N) is 3. The van der Waals surface area contributed by atoms with Gasteiger partial charge in [0.25, 0.3) is 11.8 Å². The van der Waals surface area contributed by atoms with E-state index >= 15 is 0 Å². The van der Waals surface area contributed by atoms with Gasteiger partial charge in [-0.2, -0.15) is 0 Å². The van der Waals surface area contributed by atoms with E-state index in [-0.39, 0.29) is 29.4 Å². The molecule has 1 aromatic carbocycles. The molecular formula is C35H48N6O3S. The van der Waals surface area contributed by atoms with E-state index in [1.807, 2.05) is 24.3 Å². The van der Waals surface area contributed by atoms with Gasteiger partial charge in [0, 0.05) is 37.4 Å². The number of nitrogens with one attached hydrogen (secondary N) is 3. The van der Waals surface area contributed by atoms with Gasteiger partial charge in [-0.3, -0.25) is 9.59 Å². The van der Waals surface area contributed by atoms with Gasteiger partial charge in [0.05, 0.1) is 12.1 Å². The number of aromatic nitrogens is 2. The van der Waals surface area contributed by atoms with Gasteiger partial charge in [-0.25, -0.2) is 9.97 Å². The normalized spacial score (nSPS) is 21.9. The Hall–Kier alpha value is -2.92. The number of rotatable bonds is 9. The van der Waals surface area contributed by atoms with E-state index in [4.69, 9.17) is 9.97 Å². The molecule has 0 bridgehead atoms. The quantitative estimate of drug-likeness (QED) is 0.274. The minimum Gasteiger partial charge on any atom is -0.393 e. The van der Waals surface area contributed by atoms with Crippen molar-refractivity contribution in [3.63, 3.8) is 0 Å². The monoisotopic (exact) mass is 632 g/mol. The van der Waals surface area contributed by atoms with Gasteiger partial charge in [0.15, 0.2) is 5.01 Å². The van der Waals surface area contributed by atoms with Gasteiger partial charge >= 0.3 is 0 Å². The van der Waals surface area contributed by atoms with Crippen molar-refractivity contribution in [2.75, 3.05) is 39.3 Å². The summed E-state index contributed by atoms with van der Waals surface area (Å²) in [7, 11) is 0. The topological polar surface area (TPSA) is 119 Å². The average Bonchev–Trinajstić information content (AvgIpc) is 3.71. The summed E-state index contributed by atoms with van der Waals surface area (Å²) in [6.45, 7) is 12.0. The summed E-state index contributed by atoms with van der Waals surface area (Å²) in [6, 6.07) is 9.48. The van der Waals surface area contributed by atoms with Gasteiger partial charge < -0.3 is 26.0 Å². The van der Waals surface area contributed by atoms with Crippen molar-refractivity contribution in [2.24, 2.45) is 17.3 Å². The molecule has 242 valence electrons. The number of aryl methyl sites for hydroxylation is 1. The first-order valence-corrected chi connectivity index (χ1v) is 17.5. The molecule has 4 N–H and O–H groups in total. The molecule has 2 fully saturated rings. The molecule has 4 heterocycles. The highest BCUT2D eigenvalue weighted by Gasteiger charge is 2.30. The maximum absolute atomic E-state index is 13.7. The number of aliphatic hydroxyl groups is 1. The van der Waals surface area contributed by atoms with Crippen LogP contribution in [0.15, 0.2) is 30.3 Å². The van der Waals surface area contributed by atoms with Gasteiger partial charge in [0.2, 0.25) is 0 Å². The Morgan fingerprint density at radius 1 is 1.11 bits per heavy atom. The molecule has 0 radical (unpaired) electrons. The van der Waals surface area contributed by atoms with Crippen LogP contribution in [0.4, 0.5) is 0 Å². The maximum atomic E-state index is 13.7. The minimum absolute atomic E-state index is 0.0891. The van der Waals surface area contributed by atoms with Crippen molar-refractivity contribution in [3.05, 3.63) is 57.7 Å². The molecule has 3 aliphatic rings. The number of amides is 2. The van der Waals surface area contributed by atoms with Crippen molar-refractivity contribution in [1.29, 1.82) is 0 Å². The van der Waals surface area contributed by atoms with Gasteiger partial charge in [0.1, 0.15) is 10.3 Å². The Morgan fingerprint density at radius 2 is 1.93 bits per heavy atom. The van der Waals surface area contributed by atoms with Crippen LogP contribution in [0.3, 0.4) is 0 Å². The second-order valence-corrected chi connectivity index (χ2v) is 15.3. The Morgan fingerprint density at radius 3 is 2.69 bits per heavy atom. The fourth-order valence-corrected chi connectivity index (χ4v) is 7.81. The molecule has 2 aromatic heterocycles. The van der Waals surface area contributed by atoms with Crippen LogP contribution in [0.1, 0.15) is 95.9 Å². The molecule has 3 aromatic rings. The summed E-state index contributed by atoms with van der Waals surface area (Å²) >= 11 is 1.35. The summed E-state index contributed by atoms with van der Waals surface area (Å²) < 4.78 is 0. The van der Waals surface area contributed by atoms with Crippen molar-refractivity contribution in [1.82, 2.24) is 30.8 Å². The van der Waals surface area contributed by atoms with Gasteiger partial charge in [-0.05, 0) is 105 Å². The number of carbonyl (C=O) groups is 2. The van der Waals surface area contributed by atoms with Crippen LogP contribution >= 0.6 is 11.3 Å². The van der Waals surface area contributed by atoms with Gasteiger partial charge in [-0.15, -0.1) is 0 Å². The lowest BCUT2D eigenvalue weighted by Gasteiger charge is -2.34. The highest BCUT2D eigenvalue weighted by molar-refractivity contribution is 7.19. The lowest BCUT2D eigenvalue weighted by Crippen LogP contribution is -2.38. The first-order valence-electron chi connectivity index (χ1n) is 16.7. The predicted molar refractivity (Wildman–Crippen MR) is 179 cm³/mol. The van der Waals surface area contributed by atoms with E-state index in [0.29, 0.717) is 35.4 Å². The fraction of sp³-hybridized carbons (Fsp3) is 0.600. The zero-order valence-corrected chi connectivity index (χ0v) is 27.7. The number of pyridine rings is 1. The Balaban J connectivity index is 1.19. The standard InChI is InChI=1S/C35H48N6O3S/c1-35(2,3)26-7-8-28-25(18-26)19-30-33(39-28)45-34(40-30)32(44)38-29(12-16-41-14-10-27(42)11-15-41)23-5-4-6-24(17-23)31(43)37-21-22-9-13-36-20-22/h4-6,17,19,22,26-27,29,36,42H,7-16,18,20-21H2,1-3H3,(H,37,43)(H,38,44)/t22?,26-,29+/m0/s1. The molecule has 9 nitrogen and oxygen atoms in total. The molecule has 2 aliphatic heterocycles. The highest BCUT2D eigenvalue weighted by atomic mass is 32.1. The number of thiazole rings is 1. The summed E-state index contributed by atoms with van der Waals surface area (Å²) in [4.78, 5) is 39.7. The summed E-state index contributed by atoms with van der Waals surface area (Å²) in [5.41, 5.74) is 4.93. The molecule has 0 saturated carbocycles. The Kier molecular flexibility index (Phi) is 9.85. The SMILES string of the molecule is CC(C)(C)[C@H]1CCc2nc3sc(C(=O)N[C@H](CCN4CCC(O)CC4)c4cccc(C(=O)NCC5CCNC5)c4)nc3cc2C1. The number of aliphatic hydroxyl groups excluding tert-OH is 1. The third-order valence-electron chi connectivity index (χ3n) is 10.0. The largest absolute Gasteiger partial charge is 0.393 e. The van der Waals surface area contributed by atoms with Crippen LogP contribution in [-0.4, -0.2) is 77.2 Å². The van der Waals surface area contributed by atoms with E-state index < -0.39 is 0 Å². The van der Waals surface area contributed by atoms with Crippen molar-refractivity contribution >= 4 is 33.5 Å². The molecule has 2 saturated heterocycles. The highest BCUT2D eigenvalue weighted by Crippen LogP contribution is 2.38. The van der Waals surface area contributed by atoms with E-state index in [1.165, 1.54) is 16.9 Å². The molecule has 6 rings (SSSR count). The zero-order valence-electron chi connectivity index (χ0n) is 26.9. The number of benzene rings is 1. The molecule has 0 spiro atoms. The van der Waals surface area contributed by atoms with Crippen molar-refractivity contribution in [3.8, 4) is 0 Å². The minimum atomic E-state index is -0.295. The third kappa shape index (κ3) is 7.91. The Labute approximate surface area is 270 Å². The van der Waals surface area contributed by atoms with E-state index in [1.54, 1.807) is 0 Å². The van der Waals surface area contributed by atoms with Crippen LogP contribution in [0.25, 0.3) is 10.3 Å². The van der Waals surface area contributed by atoms with E-state index in [0.717, 1.165) is 92.9 Å². The second-order valence-electron chi connectivity index (χ2n) is 14.3.